The van der Waals surface area contributed by atoms with Gasteiger partial charge < -0.3 is 40.5 Å². The summed E-state index contributed by atoms with van der Waals surface area (Å²) in [6, 6.07) is 28.1. The van der Waals surface area contributed by atoms with Crippen molar-refractivity contribution in [3.8, 4) is 27.4 Å². The van der Waals surface area contributed by atoms with Crippen LogP contribution in [0, 0.1) is 11.7 Å². The van der Waals surface area contributed by atoms with E-state index in [4.69, 9.17) is 36.6 Å². The average Bonchev–Trinajstić information content (AvgIpc) is 1.64. The number of thiazole rings is 1. The van der Waals surface area contributed by atoms with Gasteiger partial charge in [0.05, 0.1) is 57.1 Å². The van der Waals surface area contributed by atoms with E-state index < -0.39 is 54.3 Å². The molecule has 91 heavy (non-hydrogen) atoms. The van der Waals surface area contributed by atoms with Crippen molar-refractivity contribution in [2.24, 2.45) is 5.92 Å². The molecule has 5 aromatic carbocycles. The maximum absolute atomic E-state index is 16.5. The molecule has 3 aromatic heterocycles. The molecule has 2 atom stereocenters. The first kappa shape index (κ1) is 59.5. The Balaban J connectivity index is 0.684. The largest absolute Gasteiger partial charge is 0.480 e. The predicted octanol–water partition coefficient (Wildman–Crippen LogP) is 7.48. The van der Waals surface area contributed by atoms with Crippen LogP contribution in [0.3, 0.4) is 0 Å². The number of anilines is 1. The van der Waals surface area contributed by atoms with Crippen LogP contribution in [-0.2, 0) is 44.9 Å². The number of likely N-dealkylation sites (tertiary alicyclic amines) is 3. The lowest BCUT2D eigenvalue weighted by atomic mass is 9.85. The number of carboxylic acid groups (broad SMARTS) is 1. The van der Waals surface area contributed by atoms with E-state index in [1.165, 1.54) is 22.1 Å². The fourth-order valence-corrected chi connectivity index (χ4v) is 15.9. The highest BCUT2D eigenvalue weighted by Crippen LogP contribution is 2.46. The topological polar surface area (TPSA) is 260 Å². The molecule has 10 heterocycles. The van der Waals surface area contributed by atoms with Gasteiger partial charge in [0.15, 0.2) is 5.60 Å². The van der Waals surface area contributed by atoms with Crippen molar-refractivity contribution >= 4 is 108 Å². The van der Waals surface area contributed by atoms with Gasteiger partial charge in [0.2, 0.25) is 29.5 Å². The maximum Gasteiger partial charge on any atom is 0.339 e. The number of aliphatic carboxylic acids is 1. The number of rotatable bonds is 14. The number of aromatic nitrogens is 5. The molecule has 4 N–H and O–H groups in total. The van der Waals surface area contributed by atoms with Crippen molar-refractivity contribution in [2.75, 3.05) is 64.2 Å². The number of para-hydroxylation sites is 2. The van der Waals surface area contributed by atoms with Gasteiger partial charge in [-0.2, -0.15) is 5.10 Å². The van der Waals surface area contributed by atoms with Crippen LogP contribution in [-0.4, -0.2) is 162 Å². The minimum atomic E-state index is -1.49. The van der Waals surface area contributed by atoms with Crippen molar-refractivity contribution in [3.05, 3.63) is 125 Å². The summed E-state index contributed by atoms with van der Waals surface area (Å²) in [5.41, 5.74) is 3.92. The molecule has 7 aliphatic heterocycles. The Bertz CT molecular complexity index is 4310. The van der Waals surface area contributed by atoms with E-state index in [1.54, 1.807) is 39.0 Å². The number of carbonyl (C=O) groups excluding carboxylic acids is 7. The van der Waals surface area contributed by atoms with Crippen LogP contribution in [0.5, 0.6) is 5.75 Å². The molecule has 7 aliphatic rings. The molecule has 468 valence electrons. The van der Waals surface area contributed by atoms with Crippen LogP contribution in [0.4, 0.5) is 10.1 Å². The Morgan fingerprint density at radius 1 is 0.791 bits per heavy atom. The zero-order chi connectivity index (χ0) is 62.9. The molecular formula is C66H65ClFN12O10S+. The molecular weight excluding hydrogens is 1210 g/mol. The number of carboxylic acids is 1. The van der Waals surface area contributed by atoms with E-state index in [0.29, 0.717) is 131 Å². The molecule has 4 fully saturated rings. The maximum atomic E-state index is 16.5. The molecule has 25 heteroatoms. The van der Waals surface area contributed by atoms with Gasteiger partial charge in [-0.25, -0.2) is 14.2 Å². The van der Waals surface area contributed by atoms with Gasteiger partial charge in [0.1, 0.15) is 54.3 Å². The van der Waals surface area contributed by atoms with Crippen LogP contribution in [0.15, 0.2) is 103 Å². The van der Waals surface area contributed by atoms with Gasteiger partial charge in [0, 0.05) is 92.8 Å². The lowest BCUT2D eigenvalue weighted by Gasteiger charge is -2.44. The Labute approximate surface area is 529 Å². The number of carbonyl (C=O) groups is 8. The molecule has 4 bridgehead atoms. The third-order valence-electron chi connectivity index (χ3n) is 19.4. The number of nitrogens with zero attached hydrogens (tertiary/aromatic N) is 9. The van der Waals surface area contributed by atoms with Crippen molar-refractivity contribution in [1.29, 1.82) is 0 Å². The number of halogens is 2. The molecule has 0 radical (unpaired) electrons. The van der Waals surface area contributed by atoms with Gasteiger partial charge in [0.25, 0.3) is 5.91 Å². The summed E-state index contributed by atoms with van der Waals surface area (Å²) in [4.78, 5) is 122. The van der Waals surface area contributed by atoms with E-state index in [0.717, 1.165) is 15.8 Å². The first-order chi connectivity index (χ1) is 44.0. The van der Waals surface area contributed by atoms with Crippen molar-refractivity contribution in [1.82, 2.24) is 54.6 Å². The lowest BCUT2D eigenvalue weighted by molar-refractivity contribution is -0.160. The molecule has 15 rings (SSSR count). The second kappa shape index (κ2) is 23.9. The summed E-state index contributed by atoms with van der Waals surface area (Å²) in [6.45, 7) is 0.808. The van der Waals surface area contributed by atoms with E-state index in [2.05, 4.69) is 16.0 Å². The van der Waals surface area contributed by atoms with Gasteiger partial charge in [-0.3, -0.25) is 38.2 Å². The number of hydrogen-bond donors (Lipinski definition) is 4. The second-order valence-electron chi connectivity index (χ2n) is 24.7. The molecule has 4 saturated heterocycles. The highest BCUT2D eigenvalue weighted by molar-refractivity contribution is 7.22. The van der Waals surface area contributed by atoms with Crippen LogP contribution in [0.25, 0.3) is 53.7 Å². The number of fused-ring (bicyclic) bond motifs is 4. The molecule has 8 aromatic rings. The summed E-state index contributed by atoms with van der Waals surface area (Å²) in [5.74, 6) is -4.46. The monoisotopic (exact) mass is 1270 g/mol. The van der Waals surface area contributed by atoms with E-state index in [9.17, 15) is 28.8 Å². The Hall–Kier alpha value is -9.13. The Kier molecular flexibility index (Phi) is 15.6. The van der Waals surface area contributed by atoms with Gasteiger partial charge in [-0.05, 0) is 91.3 Å². The number of amides is 7. The fraction of sp³-hybridized carbons (Fsp3) is 0.379. The SMILES string of the molecule is O=C(O)CNC(=O)CNC(=O)Cn1nc2c3c(cccc31)-c1cc3c(cnn3[N+]3(C(=O)CC4CCN(C(=O)C5CCCN5C(=O)C5(Oc6ccccc6-c6nc7cccc(Cl)c7s6)CCN(C(=O)[C@H]6CC(=O)Nc7ccccc76)CC5)CC4)CCC2CC3)cc1F. The number of piperidine rings is 3. The van der Waals surface area contributed by atoms with Crippen molar-refractivity contribution < 1.29 is 52.6 Å². The van der Waals surface area contributed by atoms with E-state index >= 15 is 14.0 Å². The molecule has 0 spiro atoms. The van der Waals surface area contributed by atoms with Gasteiger partial charge >= 0.3 is 11.9 Å². The zero-order valence-electron chi connectivity index (χ0n) is 49.6. The minimum absolute atomic E-state index is 0.000983. The highest BCUT2D eigenvalue weighted by atomic mass is 35.5. The first-order valence-corrected chi connectivity index (χ1v) is 32.2. The van der Waals surface area contributed by atoms with E-state index in [1.807, 2.05) is 77.7 Å². The number of nitrogens with one attached hydrogen (secondary N) is 3. The number of hydrogen-bond acceptors (Lipinski definition) is 13. The third-order valence-corrected chi connectivity index (χ3v) is 20.9. The molecule has 1 unspecified atom stereocenters. The fourth-order valence-electron chi connectivity index (χ4n) is 14.6. The molecule has 7 amide bonds. The first-order valence-electron chi connectivity index (χ1n) is 31.0. The predicted molar refractivity (Wildman–Crippen MR) is 337 cm³/mol. The summed E-state index contributed by atoms with van der Waals surface area (Å²) < 4.78 is 25.8. The zero-order valence-corrected chi connectivity index (χ0v) is 51.1. The van der Waals surface area contributed by atoms with Crippen molar-refractivity contribution in [3.63, 3.8) is 0 Å². The quantitative estimate of drug-likeness (QED) is 0.0771. The number of ether oxygens (including phenoxy) is 1. The van der Waals surface area contributed by atoms with Gasteiger partial charge in [-0.1, -0.05) is 64.9 Å². The Morgan fingerprint density at radius 2 is 1.53 bits per heavy atom. The van der Waals surface area contributed by atoms with Crippen LogP contribution >= 0.6 is 22.9 Å². The van der Waals surface area contributed by atoms with E-state index in [-0.39, 0.29) is 96.8 Å². The van der Waals surface area contributed by atoms with Crippen LogP contribution in [0.1, 0.15) is 87.3 Å². The minimum Gasteiger partial charge on any atom is -0.480 e. The van der Waals surface area contributed by atoms with Crippen molar-refractivity contribution in [2.45, 2.75) is 94.2 Å². The molecule has 22 nitrogen and oxygen atoms in total. The normalized spacial score (nSPS) is 21.1. The van der Waals surface area contributed by atoms with Crippen LogP contribution in [0.2, 0.25) is 5.02 Å². The summed E-state index contributed by atoms with van der Waals surface area (Å²) in [6.07, 6.45) is 5.17. The summed E-state index contributed by atoms with van der Waals surface area (Å²) in [7, 11) is 0. The molecule has 0 saturated carbocycles. The van der Waals surface area contributed by atoms with Crippen LogP contribution < -0.4 is 25.3 Å². The lowest BCUT2D eigenvalue weighted by Crippen LogP contribution is -2.66. The number of benzene rings is 5. The average molecular weight is 1270 g/mol. The number of quaternary nitrogens is 1. The summed E-state index contributed by atoms with van der Waals surface area (Å²) >= 11 is 8.05. The second-order valence-corrected chi connectivity index (χ2v) is 26.1. The summed E-state index contributed by atoms with van der Waals surface area (Å²) in [5, 5.41) is 28.8. The smallest absolute Gasteiger partial charge is 0.339 e. The Morgan fingerprint density at radius 3 is 2.32 bits per heavy atom. The third kappa shape index (κ3) is 10.9. The standard InChI is InChI=1S/C66H64ClFN12O10S/c67-46-11-6-13-49-61(46)91-62(73-49)43-9-2-4-16-53(43)90-66(21-26-76(27-22-66)63(87)45-33-54(81)72-48-12-3-1-8-41(45)48)65(89)77-23-7-15-51(77)64(88)75-24-17-38(18-25-75)30-57(84)80-28-19-39(20-29-80)60-59-42(44-32-52-40(31-47(44)68)34-71-79(52)80)10-5-14-50(59)78(74-60)37-56(83)69-35-55(82)70-36-58(85)86/h1-6,8-14,16,31-32,34,38-39,45,51H,7,15,17-30,33,35-37H2,(H3-,69,70,72,81,82,83,85,86)/p+1/t39?,45-,51?,80?/m0/s1. The molecule has 0 aliphatic carbocycles. The van der Waals surface area contributed by atoms with Gasteiger partial charge in [-0.15, -0.1) is 21.0 Å². The highest BCUT2D eigenvalue weighted by Gasteiger charge is 2.53.